The summed E-state index contributed by atoms with van der Waals surface area (Å²) in [6.45, 7) is 9.10. The second-order valence-corrected chi connectivity index (χ2v) is 6.56. The van der Waals surface area contributed by atoms with Gasteiger partial charge in [-0.3, -0.25) is 9.59 Å². The van der Waals surface area contributed by atoms with Crippen LogP contribution in [0.1, 0.15) is 61.7 Å². The summed E-state index contributed by atoms with van der Waals surface area (Å²) in [5, 5.41) is 0. The molecule has 0 aliphatic heterocycles. The number of hydrogen-bond acceptors (Lipinski definition) is 5. The molecule has 7 nitrogen and oxygen atoms in total. The highest BCUT2D eigenvalue weighted by molar-refractivity contribution is 5.93. The summed E-state index contributed by atoms with van der Waals surface area (Å²) >= 11 is 0. The van der Waals surface area contributed by atoms with Crippen LogP contribution in [0.25, 0.3) is 0 Å². The van der Waals surface area contributed by atoms with E-state index in [0.29, 0.717) is 18.4 Å². The highest BCUT2D eigenvalue weighted by Crippen LogP contribution is 2.18. The highest BCUT2D eigenvalue weighted by Gasteiger charge is 2.12. The number of hydrogen-bond donors (Lipinski definition) is 2. The SMILES string of the molecule is C.CC(C)(C)OC(N)=O.COC(=O)CCc1c(C)cc(C(N)=O)cc1C. The molecule has 0 heterocycles. The van der Waals surface area contributed by atoms with E-state index in [4.69, 9.17) is 11.5 Å². The van der Waals surface area contributed by atoms with Crippen LogP contribution in [0, 0.1) is 13.8 Å². The molecule has 148 valence electrons. The van der Waals surface area contributed by atoms with E-state index in [1.807, 2.05) is 13.8 Å². The molecule has 0 atom stereocenters. The number of primary amides is 2. The lowest BCUT2D eigenvalue weighted by molar-refractivity contribution is -0.140. The van der Waals surface area contributed by atoms with Crippen LogP contribution in [0.5, 0.6) is 0 Å². The topological polar surface area (TPSA) is 122 Å². The van der Waals surface area contributed by atoms with Gasteiger partial charge in [-0.25, -0.2) is 4.79 Å². The van der Waals surface area contributed by atoms with Gasteiger partial charge in [0.1, 0.15) is 5.60 Å². The van der Waals surface area contributed by atoms with E-state index in [-0.39, 0.29) is 13.4 Å². The van der Waals surface area contributed by atoms with Crippen LogP contribution in [0.4, 0.5) is 4.79 Å². The molecule has 0 fully saturated rings. The van der Waals surface area contributed by atoms with Gasteiger partial charge >= 0.3 is 12.1 Å². The maximum Gasteiger partial charge on any atom is 0.405 e. The van der Waals surface area contributed by atoms with Crippen LogP contribution < -0.4 is 11.5 Å². The summed E-state index contributed by atoms with van der Waals surface area (Å²) in [7, 11) is 1.37. The second-order valence-electron chi connectivity index (χ2n) is 6.56. The molecular formula is C19H32N2O5. The van der Waals surface area contributed by atoms with Crippen LogP contribution in [-0.4, -0.2) is 30.7 Å². The number of esters is 1. The number of amides is 2. The van der Waals surface area contributed by atoms with Gasteiger partial charge in [0.05, 0.1) is 7.11 Å². The lowest BCUT2D eigenvalue weighted by atomic mass is 9.95. The van der Waals surface area contributed by atoms with Gasteiger partial charge in [0.25, 0.3) is 0 Å². The Morgan fingerprint density at radius 1 is 1.04 bits per heavy atom. The fourth-order valence-corrected chi connectivity index (χ4v) is 2.16. The third-order valence-electron chi connectivity index (χ3n) is 3.19. The van der Waals surface area contributed by atoms with Crippen molar-refractivity contribution in [2.24, 2.45) is 11.5 Å². The molecule has 1 aromatic rings. The van der Waals surface area contributed by atoms with Crippen molar-refractivity contribution in [2.45, 2.75) is 60.5 Å². The molecule has 0 unspecified atom stereocenters. The maximum absolute atomic E-state index is 11.1. The first-order valence-electron chi connectivity index (χ1n) is 7.82. The zero-order chi connectivity index (χ0) is 19.8. The maximum atomic E-state index is 11.1. The molecule has 0 saturated carbocycles. The molecule has 0 aliphatic rings. The van der Waals surface area contributed by atoms with Gasteiger partial charge in [-0.15, -0.1) is 0 Å². The molecule has 0 aromatic heterocycles. The van der Waals surface area contributed by atoms with Crippen molar-refractivity contribution in [2.75, 3.05) is 7.11 Å². The Balaban J connectivity index is 0. The number of nitrogens with two attached hydrogens (primary N) is 2. The van der Waals surface area contributed by atoms with Crippen LogP contribution in [0.2, 0.25) is 0 Å². The molecule has 7 heteroatoms. The van der Waals surface area contributed by atoms with Crippen molar-refractivity contribution in [3.63, 3.8) is 0 Å². The Bertz CT molecular complexity index is 610. The Kier molecular flexibility index (Phi) is 11.0. The van der Waals surface area contributed by atoms with Gasteiger partial charge in [0.2, 0.25) is 5.91 Å². The first kappa shape index (κ1) is 25.7. The van der Waals surface area contributed by atoms with Crippen molar-refractivity contribution in [1.29, 1.82) is 0 Å². The highest BCUT2D eigenvalue weighted by atomic mass is 16.6. The quantitative estimate of drug-likeness (QED) is 0.791. The molecule has 0 bridgehead atoms. The third kappa shape index (κ3) is 10.3. The fraction of sp³-hybridized carbons (Fsp3) is 0.526. The molecule has 0 spiro atoms. The second kappa shape index (κ2) is 11.1. The van der Waals surface area contributed by atoms with E-state index in [2.05, 4.69) is 9.47 Å². The third-order valence-corrected chi connectivity index (χ3v) is 3.19. The molecule has 0 radical (unpaired) electrons. The van der Waals surface area contributed by atoms with Crippen molar-refractivity contribution < 1.29 is 23.9 Å². The Morgan fingerprint density at radius 2 is 1.50 bits per heavy atom. The van der Waals surface area contributed by atoms with Gasteiger partial charge < -0.3 is 20.9 Å². The molecule has 1 rings (SSSR count). The summed E-state index contributed by atoms with van der Waals surface area (Å²) < 4.78 is 9.18. The summed E-state index contributed by atoms with van der Waals surface area (Å²) in [5.74, 6) is -0.668. The Labute approximate surface area is 156 Å². The zero-order valence-corrected chi connectivity index (χ0v) is 15.8. The molecule has 1 aromatic carbocycles. The summed E-state index contributed by atoms with van der Waals surface area (Å²) in [6, 6.07) is 3.50. The predicted octanol–water partition coefficient (Wildman–Crippen LogP) is 3.02. The van der Waals surface area contributed by atoms with Crippen LogP contribution in [0.3, 0.4) is 0 Å². The Morgan fingerprint density at radius 3 is 1.77 bits per heavy atom. The monoisotopic (exact) mass is 368 g/mol. The average Bonchev–Trinajstić information content (AvgIpc) is 2.43. The number of carbonyl (C=O) groups excluding carboxylic acids is 3. The van der Waals surface area contributed by atoms with E-state index in [1.165, 1.54) is 7.11 Å². The normalized spacial score (nSPS) is 9.92. The van der Waals surface area contributed by atoms with Crippen LogP contribution in [0.15, 0.2) is 12.1 Å². The number of methoxy groups -OCH3 is 1. The first-order chi connectivity index (χ1) is 11.4. The first-order valence-corrected chi connectivity index (χ1v) is 7.82. The van der Waals surface area contributed by atoms with Gasteiger partial charge in [0, 0.05) is 12.0 Å². The van der Waals surface area contributed by atoms with Gasteiger partial charge in [-0.2, -0.15) is 0 Å². The van der Waals surface area contributed by atoms with Crippen molar-refractivity contribution in [3.8, 4) is 0 Å². The van der Waals surface area contributed by atoms with Crippen molar-refractivity contribution in [3.05, 3.63) is 34.4 Å². The standard InChI is InChI=1S/C13H17NO3.C5H11NO2.CH4/c1-8-6-10(13(14)16)7-9(2)11(8)4-5-12(15)17-3;1-5(2,3)8-4(6)7;/h6-7H,4-5H2,1-3H3,(H2,14,16);1-3H3,(H2,6,7);1H4. The largest absolute Gasteiger partial charge is 0.469 e. The number of carbonyl (C=O) groups is 3. The van der Waals surface area contributed by atoms with Crippen molar-refractivity contribution >= 4 is 18.0 Å². The summed E-state index contributed by atoms with van der Waals surface area (Å²) in [5.41, 5.74) is 13.0. The van der Waals surface area contributed by atoms with E-state index >= 15 is 0 Å². The molecule has 0 aliphatic carbocycles. The summed E-state index contributed by atoms with van der Waals surface area (Å²) in [4.78, 5) is 32.2. The smallest absolute Gasteiger partial charge is 0.405 e. The minimum atomic E-state index is -0.725. The molecule has 26 heavy (non-hydrogen) atoms. The van der Waals surface area contributed by atoms with E-state index in [0.717, 1.165) is 16.7 Å². The van der Waals surface area contributed by atoms with Gasteiger partial charge in [-0.05, 0) is 69.9 Å². The number of rotatable bonds is 4. The fourth-order valence-electron chi connectivity index (χ4n) is 2.16. The predicted molar refractivity (Wildman–Crippen MR) is 102 cm³/mol. The van der Waals surface area contributed by atoms with E-state index < -0.39 is 17.6 Å². The van der Waals surface area contributed by atoms with Crippen LogP contribution >= 0.6 is 0 Å². The number of ether oxygens (including phenoxy) is 2. The van der Waals surface area contributed by atoms with Crippen molar-refractivity contribution in [1.82, 2.24) is 0 Å². The van der Waals surface area contributed by atoms with Gasteiger partial charge in [-0.1, -0.05) is 7.43 Å². The number of benzene rings is 1. The van der Waals surface area contributed by atoms with E-state index in [9.17, 15) is 14.4 Å². The minimum absolute atomic E-state index is 0. The molecule has 0 saturated heterocycles. The lowest BCUT2D eigenvalue weighted by Crippen LogP contribution is -2.27. The zero-order valence-electron chi connectivity index (χ0n) is 15.8. The molecular weight excluding hydrogens is 336 g/mol. The van der Waals surface area contributed by atoms with E-state index in [1.54, 1.807) is 32.9 Å². The lowest BCUT2D eigenvalue weighted by Gasteiger charge is -2.16. The van der Waals surface area contributed by atoms with Crippen LogP contribution in [-0.2, 0) is 20.7 Å². The average molecular weight is 368 g/mol. The number of aryl methyl sites for hydroxylation is 2. The molecule has 2 amide bonds. The summed E-state index contributed by atoms with van der Waals surface area (Å²) in [6.07, 6.45) is 0.231. The minimum Gasteiger partial charge on any atom is -0.469 e. The van der Waals surface area contributed by atoms with Gasteiger partial charge in [0.15, 0.2) is 0 Å². The Hall–Kier alpha value is -2.57. The molecule has 4 N–H and O–H groups in total.